The number of fused-ring (bicyclic) bond motifs is 1. The second-order valence-corrected chi connectivity index (χ2v) is 6.41. The lowest BCUT2D eigenvalue weighted by atomic mass is 9.99. The summed E-state index contributed by atoms with van der Waals surface area (Å²) in [7, 11) is 0. The summed E-state index contributed by atoms with van der Waals surface area (Å²) in [5, 5.41) is 0.708. The Morgan fingerprint density at radius 2 is 1.86 bits per heavy atom. The molecule has 1 aromatic heterocycles. The van der Waals surface area contributed by atoms with E-state index in [2.05, 4.69) is 9.72 Å². The van der Waals surface area contributed by atoms with Gasteiger partial charge in [0.1, 0.15) is 11.5 Å². The van der Waals surface area contributed by atoms with Crippen LogP contribution in [0.15, 0.2) is 42.5 Å². The Bertz CT molecular complexity index is 935. The Labute approximate surface area is 161 Å². The average molecular weight is 392 g/mol. The zero-order valence-corrected chi connectivity index (χ0v) is 15.6. The van der Waals surface area contributed by atoms with Crippen molar-refractivity contribution < 1.29 is 22.6 Å². The summed E-state index contributed by atoms with van der Waals surface area (Å²) < 4.78 is 47.8. The number of ether oxygens (including phenoxy) is 2. The van der Waals surface area contributed by atoms with E-state index >= 15 is 0 Å². The van der Waals surface area contributed by atoms with E-state index in [1.165, 1.54) is 12.1 Å². The Hall–Kier alpha value is -2.67. The lowest BCUT2D eigenvalue weighted by molar-refractivity contribution is -0.274. The Morgan fingerprint density at radius 1 is 1.07 bits per heavy atom. The van der Waals surface area contributed by atoms with Gasteiger partial charge in [0.05, 0.1) is 12.3 Å². The van der Waals surface area contributed by atoms with Crippen molar-refractivity contribution in [3.8, 4) is 22.8 Å². The van der Waals surface area contributed by atoms with Gasteiger partial charge in [0.15, 0.2) is 0 Å². The molecule has 1 heterocycles. The molecule has 0 aliphatic rings. The monoisotopic (exact) mass is 392 g/mol. The highest BCUT2D eigenvalue weighted by molar-refractivity contribution is 5.92. The normalized spacial score (nSPS) is 11.8. The fraction of sp³-hybridized carbons (Fsp3) is 0.333. The van der Waals surface area contributed by atoms with Crippen LogP contribution in [0.3, 0.4) is 0 Å². The minimum atomic E-state index is -4.73. The molecule has 0 aliphatic heterocycles. The van der Waals surface area contributed by atoms with Gasteiger partial charge in [-0.25, -0.2) is 0 Å². The molecule has 0 saturated carbocycles. The van der Waals surface area contributed by atoms with Crippen molar-refractivity contribution in [1.82, 2.24) is 4.98 Å². The quantitative estimate of drug-likeness (QED) is 0.504. The number of para-hydroxylation sites is 1. The van der Waals surface area contributed by atoms with Gasteiger partial charge in [-0.15, -0.1) is 13.2 Å². The van der Waals surface area contributed by atoms with Crippen molar-refractivity contribution in [2.75, 3.05) is 13.2 Å². The fourth-order valence-electron chi connectivity index (χ4n) is 3.31. The van der Waals surface area contributed by atoms with Gasteiger partial charge in [0, 0.05) is 16.5 Å². The number of hydrogen-bond donors (Lipinski definition) is 2. The van der Waals surface area contributed by atoms with Crippen LogP contribution < -0.4 is 15.2 Å². The van der Waals surface area contributed by atoms with E-state index in [0.717, 1.165) is 40.9 Å². The van der Waals surface area contributed by atoms with Gasteiger partial charge in [-0.3, -0.25) is 0 Å². The summed E-state index contributed by atoms with van der Waals surface area (Å²) in [5.74, 6) is 0.493. The number of halogens is 3. The van der Waals surface area contributed by atoms with E-state index in [-0.39, 0.29) is 5.75 Å². The molecule has 0 spiro atoms. The summed E-state index contributed by atoms with van der Waals surface area (Å²) >= 11 is 0. The zero-order valence-electron chi connectivity index (χ0n) is 15.6. The molecule has 0 bridgehead atoms. The van der Waals surface area contributed by atoms with Crippen molar-refractivity contribution in [1.29, 1.82) is 0 Å². The number of benzene rings is 2. The molecular weight excluding hydrogens is 369 g/mol. The molecule has 28 heavy (non-hydrogen) atoms. The van der Waals surface area contributed by atoms with Crippen LogP contribution in [0.4, 0.5) is 13.2 Å². The number of nitrogens with two attached hydrogens (primary N) is 1. The van der Waals surface area contributed by atoms with Crippen LogP contribution in [0.2, 0.25) is 0 Å². The van der Waals surface area contributed by atoms with Crippen molar-refractivity contribution in [2.24, 2.45) is 5.73 Å². The minimum Gasteiger partial charge on any atom is -0.493 e. The van der Waals surface area contributed by atoms with Gasteiger partial charge in [-0.1, -0.05) is 12.1 Å². The molecule has 0 saturated heterocycles. The van der Waals surface area contributed by atoms with E-state index in [1.807, 2.05) is 31.2 Å². The topological polar surface area (TPSA) is 60.3 Å². The lowest BCUT2D eigenvalue weighted by Crippen LogP contribution is -2.16. The van der Waals surface area contributed by atoms with Gasteiger partial charge in [0.25, 0.3) is 0 Å². The molecule has 3 N–H and O–H groups in total. The maximum atomic E-state index is 12.6. The van der Waals surface area contributed by atoms with Gasteiger partial charge in [-0.2, -0.15) is 0 Å². The molecule has 0 fully saturated rings. The minimum absolute atomic E-state index is 0.233. The third-order valence-electron chi connectivity index (χ3n) is 4.45. The molecule has 0 aliphatic carbocycles. The van der Waals surface area contributed by atoms with Crippen molar-refractivity contribution in [2.45, 2.75) is 32.5 Å². The number of hydrogen-bond acceptors (Lipinski definition) is 3. The maximum absolute atomic E-state index is 12.6. The van der Waals surface area contributed by atoms with Crippen molar-refractivity contribution >= 4 is 10.9 Å². The molecule has 3 aromatic rings. The maximum Gasteiger partial charge on any atom is 0.573 e. The fourth-order valence-corrected chi connectivity index (χ4v) is 3.31. The molecular formula is C21H23F3N2O2. The first-order valence-corrected chi connectivity index (χ1v) is 9.25. The van der Waals surface area contributed by atoms with Gasteiger partial charge < -0.3 is 20.2 Å². The van der Waals surface area contributed by atoms with E-state index < -0.39 is 6.36 Å². The van der Waals surface area contributed by atoms with Crippen LogP contribution in [0.5, 0.6) is 11.5 Å². The Balaban J connectivity index is 2.12. The number of H-pyrrole nitrogens is 1. The summed E-state index contributed by atoms with van der Waals surface area (Å²) in [6, 6.07) is 12.0. The van der Waals surface area contributed by atoms with Crippen LogP contribution in [0.1, 0.15) is 25.3 Å². The standard InChI is InChI=1S/C21H23F3N2O2/c1-2-27-19-9-4-3-8-16(19)20-15(7-5-6-12-25)17-13-14(28-21(22,23)24)10-11-18(17)26-20/h3-4,8-11,13,26H,2,5-7,12,25H2,1H3. The highest BCUT2D eigenvalue weighted by Gasteiger charge is 2.31. The molecule has 3 rings (SSSR count). The number of nitrogens with one attached hydrogen (secondary N) is 1. The molecule has 0 radical (unpaired) electrons. The first kappa shape index (κ1) is 20.1. The van der Waals surface area contributed by atoms with Crippen LogP contribution >= 0.6 is 0 Å². The summed E-state index contributed by atoms with van der Waals surface area (Å²) in [4.78, 5) is 3.35. The summed E-state index contributed by atoms with van der Waals surface area (Å²) in [6.45, 7) is 2.99. The second kappa shape index (κ2) is 8.56. The predicted octanol–water partition coefficient (Wildman–Crippen LogP) is 5.41. The molecule has 0 amide bonds. The Kier molecular flexibility index (Phi) is 6.14. The largest absolute Gasteiger partial charge is 0.573 e. The smallest absolute Gasteiger partial charge is 0.493 e. The van der Waals surface area contributed by atoms with Gasteiger partial charge >= 0.3 is 6.36 Å². The van der Waals surface area contributed by atoms with Crippen LogP contribution in [-0.4, -0.2) is 24.5 Å². The first-order chi connectivity index (χ1) is 13.4. The van der Waals surface area contributed by atoms with Crippen LogP contribution in [0, 0.1) is 0 Å². The SMILES string of the molecule is CCOc1ccccc1-c1[nH]c2ccc(OC(F)(F)F)cc2c1CCCCN. The molecule has 4 nitrogen and oxygen atoms in total. The molecule has 0 unspecified atom stereocenters. The zero-order chi connectivity index (χ0) is 20.1. The van der Waals surface area contributed by atoms with E-state index in [0.29, 0.717) is 25.0 Å². The molecule has 0 atom stereocenters. The average Bonchev–Trinajstić information content (AvgIpc) is 2.99. The van der Waals surface area contributed by atoms with Gasteiger partial charge in [-0.05, 0) is 68.6 Å². The molecule has 7 heteroatoms. The third kappa shape index (κ3) is 4.59. The number of unbranched alkanes of at least 4 members (excludes halogenated alkanes) is 1. The summed E-state index contributed by atoms with van der Waals surface area (Å²) in [6.07, 6.45) is -2.38. The lowest BCUT2D eigenvalue weighted by Gasteiger charge is -2.11. The highest BCUT2D eigenvalue weighted by atomic mass is 19.4. The first-order valence-electron chi connectivity index (χ1n) is 9.25. The molecule has 2 aromatic carbocycles. The van der Waals surface area contributed by atoms with Crippen molar-refractivity contribution in [3.05, 3.63) is 48.0 Å². The number of alkyl halides is 3. The Morgan fingerprint density at radius 3 is 2.57 bits per heavy atom. The molecule has 150 valence electrons. The van der Waals surface area contributed by atoms with Gasteiger partial charge in [0.2, 0.25) is 0 Å². The van der Waals surface area contributed by atoms with Crippen LogP contribution in [-0.2, 0) is 6.42 Å². The number of aromatic nitrogens is 1. The van der Waals surface area contributed by atoms with Crippen LogP contribution in [0.25, 0.3) is 22.2 Å². The predicted molar refractivity (Wildman–Crippen MR) is 104 cm³/mol. The third-order valence-corrected chi connectivity index (χ3v) is 4.45. The van der Waals surface area contributed by atoms with E-state index in [1.54, 1.807) is 6.07 Å². The number of aromatic amines is 1. The second-order valence-electron chi connectivity index (χ2n) is 6.41. The summed E-state index contributed by atoms with van der Waals surface area (Å²) in [5.41, 5.74) is 9.02. The highest BCUT2D eigenvalue weighted by Crippen LogP contribution is 2.38. The van der Waals surface area contributed by atoms with E-state index in [9.17, 15) is 13.2 Å². The van der Waals surface area contributed by atoms with Crippen molar-refractivity contribution in [3.63, 3.8) is 0 Å². The van der Waals surface area contributed by atoms with E-state index in [4.69, 9.17) is 10.5 Å². The number of aryl methyl sites for hydroxylation is 1. The number of rotatable bonds is 8.